The number of thiocarbonyl (C=S) groups is 1. The van der Waals surface area contributed by atoms with E-state index in [2.05, 4.69) is 45.4 Å². The largest absolute Gasteiger partial charge is 0.360 e. The van der Waals surface area contributed by atoms with E-state index in [1.165, 1.54) is 31.2 Å². The van der Waals surface area contributed by atoms with Gasteiger partial charge >= 0.3 is 0 Å². The highest BCUT2D eigenvalue weighted by atomic mass is 32.1. The first-order valence-electron chi connectivity index (χ1n) is 9.09. The lowest BCUT2D eigenvalue weighted by Crippen LogP contribution is -2.53. The van der Waals surface area contributed by atoms with Crippen molar-refractivity contribution in [3.05, 3.63) is 35.9 Å². The van der Waals surface area contributed by atoms with Crippen molar-refractivity contribution in [1.29, 1.82) is 0 Å². The molecule has 23 heavy (non-hydrogen) atoms. The van der Waals surface area contributed by atoms with Crippen LogP contribution in [0.1, 0.15) is 31.2 Å². The van der Waals surface area contributed by atoms with Crippen LogP contribution in [0.25, 0.3) is 0 Å². The molecule has 0 aromatic heterocycles. The van der Waals surface area contributed by atoms with Gasteiger partial charge in [-0.3, -0.25) is 4.90 Å². The fourth-order valence-corrected chi connectivity index (χ4v) is 4.96. The molecule has 3 aliphatic rings. The van der Waals surface area contributed by atoms with Crippen LogP contribution in [-0.2, 0) is 6.54 Å². The predicted molar refractivity (Wildman–Crippen MR) is 98.3 cm³/mol. The fourth-order valence-electron chi connectivity index (χ4n) is 4.62. The number of hydrogen-bond donors (Lipinski definition) is 1. The number of nitrogens with one attached hydrogen (secondary N) is 1. The third kappa shape index (κ3) is 3.53. The molecule has 1 aliphatic heterocycles. The van der Waals surface area contributed by atoms with Crippen LogP contribution in [0.3, 0.4) is 0 Å². The van der Waals surface area contributed by atoms with Gasteiger partial charge in [0.1, 0.15) is 0 Å². The second-order valence-corrected chi connectivity index (χ2v) is 7.87. The number of piperazine rings is 1. The summed E-state index contributed by atoms with van der Waals surface area (Å²) >= 11 is 5.69. The molecule has 1 aromatic carbocycles. The summed E-state index contributed by atoms with van der Waals surface area (Å²) in [6.45, 7) is 5.38. The topological polar surface area (TPSA) is 18.5 Å². The molecule has 3 nitrogen and oxygen atoms in total. The highest BCUT2D eigenvalue weighted by Gasteiger charge is 2.40. The quantitative estimate of drug-likeness (QED) is 0.859. The van der Waals surface area contributed by atoms with Gasteiger partial charge < -0.3 is 10.2 Å². The standard InChI is InChI=1S/C19H27N3S/c23-19(20-18-13-16-6-7-17(18)12-16)22-10-8-21(9-11-22)14-15-4-2-1-3-5-15/h1-5,16-18H,6-14H2,(H,20,23)/t16-,17-,18-/m0/s1. The number of fused-ring (bicyclic) bond motifs is 2. The average molecular weight is 330 g/mol. The second kappa shape index (κ2) is 6.78. The highest BCUT2D eigenvalue weighted by molar-refractivity contribution is 7.80. The summed E-state index contributed by atoms with van der Waals surface area (Å²) in [6.07, 6.45) is 5.65. The van der Waals surface area contributed by atoms with Crippen LogP contribution >= 0.6 is 12.2 Å². The van der Waals surface area contributed by atoms with E-state index < -0.39 is 0 Å². The fraction of sp³-hybridized carbons (Fsp3) is 0.632. The van der Waals surface area contributed by atoms with Gasteiger partial charge in [0.15, 0.2) is 5.11 Å². The van der Waals surface area contributed by atoms with Gasteiger partial charge in [0, 0.05) is 38.8 Å². The SMILES string of the molecule is S=C(N[C@H]1C[C@H]2CC[C@H]1C2)N1CCN(Cc2ccccc2)CC1. The lowest BCUT2D eigenvalue weighted by molar-refractivity contribution is 0.173. The molecular weight excluding hydrogens is 302 g/mol. The van der Waals surface area contributed by atoms with Crippen LogP contribution < -0.4 is 5.32 Å². The maximum Gasteiger partial charge on any atom is 0.169 e. The molecular formula is C19H27N3S. The number of benzene rings is 1. The maximum atomic E-state index is 5.69. The zero-order valence-corrected chi connectivity index (χ0v) is 14.6. The lowest BCUT2D eigenvalue weighted by Gasteiger charge is -2.37. The van der Waals surface area contributed by atoms with Gasteiger partial charge in [-0.25, -0.2) is 0 Å². The molecule has 2 bridgehead atoms. The zero-order chi connectivity index (χ0) is 15.6. The Labute approximate surface area is 145 Å². The van der Waals surface area contributed by atoms with E-state index >= 15 is 0 Å². The second-order valence-electron chi connectivity index (χ2n) is 7.48. The first kappa shape index (κ1) is 15.4. The Balaban J connectivity index is 1.24. The maximum absolute atomic E-state index is 5.69. The molecule has 1 heterocycles. The molecule has 1 aromatic rings. The summed E-state index contributed by atoms with van der Waals surface area (Å²) in [7, 11) is 0. The molecule has 4 heteroatoms. The van der Waals surface area contributed by atoms with Crippen LogP contribution in [0.2, 0.25) is 0 Å². The van der Waals surface area contributed by atoms with E-state index in [4.69, 9.17) is 12.2 Å². The molecule has 0 unspecified atom stereocenters. The predicted octanol–water partition coefficient (Wildman–Crippen LogP) is 2.87. The van der Waals surface area contributed by atoms with E-state index in [0.717, 1.165) is 49.7 Å². The van der Waals surface area contributed by atoms with Crippen LogP contribution in [0.5, 0.6) is 0 Å². The van der Waals surface area contributed by atoms with Crippen LogP contribution in [-0.4, -0.2) is 47.1 Å². The van der Waals surface area contributed by atoms with Crippen LogP contribution in [0.4, 0.5) is 0 Å². The molecule has 2 aliphatic carbocycles. The third-order valence-electron chi connectivity index (χ3n) is 5.96. The Hall–Kier alpha value is -1.13. The zero-order valence-electron chi connectivity index (χ0n) is 13.8. The van der Waals surface area contributed by atoms with E-state index in [0.29, 0.717) is 6.04 Å². The Morgan fingerprint density at radius 3 is 2.48 bits per heavy atom. The summed E-state index contributed by atoms with van der Waals surface area (Å²) in [5, 5.41) is 4.69. The smallest absolute Gasteiger partial charge is 0.169 e. The van der Waals surface area contributed by atoms with Crippen molar-refractivity contribution in [1.82, 2.24) is 15.1 Å². The number of nitrogens with zero attached hydrogens (tertiary/aromatic N) is 2. The minimum atomic E-state index is 0.656. The molecule has 1 N–H and O–H groups in total. The Morgan fingerprint density at radius 2 is 1.83 bits per heavy atom. The van der Waals surface area contributed by atoms with E-state index in [9.17, 15) is 0 Å². The van der Waals surface area contributed by atoms with Crippen molar-refractivity contribution < 1.29 is 0 Å². The molecule has 3 fully saturated rings. The van der Waals surface area contributed by atoms with Gasteiger partial charge in [0.05, 0.1) is 0 Å². The normalized spacial score (nSPS) is 30.6. The molecule has 124 valence electrons. The summed E-state index contributed by atoms with van der Waals surface area (Å²) in [5.41, 5.74) is 1.41. The first-order valence-corrected chi connectivity index (χ1v) is 9.50. The summed E-state index contributed by atoms with van der Waals surface area (Å²) < 4.78 is 0. The Bertz CT molecular complexity index is 539. The van der Waals surface area contributed by atoms with Gasteiger partial charge in [0.25, 0.3) is 0 Å². The monoisotopic (exact) mass is 329 g/mol. The van der Waals surface area contributed by atoms with Crippen molar-refractivity contribution in [3.8, 4) is 0 Å². The Kier molecular flexibility index (Phi) is 4.54. The van der Waals surface area contributed by atoms with Gasteiger partial charge in [-0.1, -0.05) is 36.8 Å². The van der Waals surface area contributed by atoms with E-state index in [1.54, 1.807) is 0 Å². The van der Waals surface area contributed by atoms with Gasteiger partial charge in [-0.05, 0) is 48.9 Å². The summed E-state index contributed by atoms with van der Waals surface area (Å²) in [6, 6.07) is 11.4. The van der Waals surface area contributed by atoms with Crippen molar-refractivity contribution in [3.63, 3.8) is 0 Å². The van der Waals surface area contributed by atoms with E-state index in [1.807, 2.05) is 0 Å². The van der Waals surface area contributed by atoms with Crippen molar-refractivity contribution in [2.75, 3.05) is 26.2 Å². The average Bonchev–Trinajstić information content (AvgIpc) is 3.19. The van der Waals surface area contributed by atoms with Gasteiger partial charge in [0.2, 0.25) is 0 Å². The van der Waals surface area contributed by atoms with Crippen molar-refractivity contribution >= 4 is 17.3 Å². The molecule has 3 atom stereocenters. The van der Waals surface area contributed by atoms with Crippen LogP contribution in [0, 0.1) is 11.8 Å². The van der Waals surface area contributed by atoms with Crippen molar-refractivity contribution in [2.24, 2.45) is 11.8 Å². The summed E-state index contributed by atoms with van der Waals surface area (Å²) in [5.74, 6) is 1.86. The molecule has 0 amide bonds. The summed E-state index contributed by atoms with van der Waals surface area (Å²) in [4.78, 5) is 4.91. The molecule has 1 saturated heterocycles. The lowest BCUT2D eigenvalue weighted by atomic mass is 9.95. The molecule has 2 saturated carbocycles. The minimum Gasteiger partial charge on any atom is -0.360 e. The van der Waals surface area contributed by atoms with E-state index in [-0.39, 0.29) is 0 Å². The van der Waals surface area contributed by atoms with Gasteiger partial charge in [-0.2, -0.15) is 0 Å². The first-order chi connectivity index (χ1) is 11.3. The Morgan fingerprint density at radius 1 is 1.04 bits per heavy atom. The third-order valence-corrected chi connectivity index (χ3v) is 6.33. The van der Waals surface area contributed by atoms with Crippen molar-refractivity contribution in [2.45, 2.75) is 38.3 Å². The minimum absolute atomic E-state index is 0.656. The molecule has 0 radical (unpaired) electrons. The number of rotatable bonds is 3. The molecule has 4 rings (SSSR count). The van der Waals surface area contributed by atoms with Crippen LogP contribution in [0.15, 0.2) is 30.3 Å². The highest BCUT2D eigenvalue weighted by Crippen LogP contribution is 2.44. The van der Waals surface area contributed by atoms with Gasteiger partial charge in [-0.15, -0.1) is 0 Å². The number of hydrogen-bond acceptors (Lipinski definition) is 2. The molecule has 0 spiro atoms.